The van der Waals surface area contributed by atoms with E-state index in [0.717, 1.165) is 26.2 Å². The lowest BCUT2D eigenvalue weighted by Gasteiger charge is -2.32. The summed E-state index contributed by atoms with van der Waals surface area (Å²) >= 11 is 0. The molecule has 1 N–H and O–H groups in total. The number of pyridine rings is 1. The molecule has 0 saturated carbocycles. The van der Waals surface area contributed by atoms with Crippen LogP contribution in [0.5, 0.6) is 0 Å². The predicted molar refractivity (Wildman–Crippen MR) is 75.9 cm³/mol. The van der Waals surface area contributed by atoms with Gasteiger partial charge in [-0.2, -0.15) is 0 Å². The minimum atomic E-state index is -0.389. The normalized spacial score (nSPS) is 19.6. The van der Waals surface area contributed by atoms with E-state index >= 15 is 0 Å². The second kappa shape index (κ2) is 7.21. The van der Waals surface area contributed by atoms with Gasteiger partial charge in [0.05, 0.1) is 19.8 Å². The molecule has 1 atom stereocenters. The van der Waals surface area contributed by atoms with Crippen LogP contribution in [0.3, 0.4) is 0 Å². The Labute approximate surface area is 119 Å². The van der Waals surface area contributed by atoms with Gasteiger partial charge in [0.1, 0.15) is 11.4 Å². The van der Waals surface area contributed by atoms with Crippen LogP contribution >= 0.6 is 0 Å². The lowest BCUT2D eigenvalue weighted by atomic mass is 10.2. The molecule has 6 heteroatoms. The van der Waals surface area contributed by atoms with E-state index in [1.165, 1.54) is 7.11 Å². The molecule has 0 aliphatic carbocycles. The summed E-state index contributed by atoms with van der Waals surface area (Å²) in [6, 6.07) is 3.41. The number of ether oxygens (including phenoxy) is 2. The third-order valence-corrected chi connectivity index (χ3v) is 3.38. The number of rotatable bonds is 5. The van der Waals surface area contributed by atoms with Gasteiger partial charge < -0.3 is 14.8 Å². The maximum Gasteiger partial charge on any atom is 0.341 e. The smallest absolute Gasteiger partial charge is 0.341 e. The molecule has 1 aromatic heterocycles. The van der Waals surface area contributed by atoms with Crippen molar-refractivity contribution in [3.05, 3.63) is 23.9 Å². The van der Waals surface area contributed by atoms with Crippen LogP contribution in [0.25, 0.3) is 0 Å². The molecule has 6 nitrogen and oxygen atoms in total. The fourth-order valence-electron chi connectivity index (χ4n) is 2.22. The second-order valence-electron chi connectivity index (χ2n) is 4.66. The van der Waals surface area contributed by atoms with Crippen LogP contribution in [-0.2, 0) is 9.47 Å². The summed E-state index contributed by atoms with van der Waals surface area (Å²) in [4.78, 5) is 18.2. The Morgan fingerprint density at radius 1 is 1.65 bits per heavy atom. The molecule has 2 rings (SSSR count). The summed E-state index contributed by atoms with van der Waals surface area (Å²) in [5, 5.41) is 3.18. The maximum absolute atomic E-state index is 11.6. The van der Waals surface area contributed by atoms with E-state index in [-0.39, 0.29) is 12.1 Å². The van der Waals surface area contributed by atoms with Crippen LogP contribution in [0.2, 0.25) is 0 Å². The zero-order chi connectivity index (χ0) is 14.4. The summed E-state index contributed by atoms with van der Waals surface area (Å²) in [5.74, 6) is 0.150. The molecule has 0 aromatic carbocycles. The van der Waals surface area contributed by atoms with Crippen LogP contribution in [0.1, 0.15) is 17.3 Å². The Bertz CT molecular complexity index is 453. The number of anilines is 1. The lowest BCUT2D eigenvalue weighted by Crippen LogP contribution is -2.45. The second-order valence-corrected chi connectivity index (χ2v) is 4.66. The number of methoxy groups -OCH3 is 1. The fraction of sp³-hybridized carbons (Fsp3) is 0.571. The van der Waals surface area contributed by atoms with E-state index in [0.29, 0.717) is 17.9 Å². The van der Waals surface area contributed by atoms with Gasteiger partial charge in [0.2, 0.25) is 0 Å². The summed E-state index contributed by atoms with van der Waals surface area (Å²) < 4.78 is 10.5. The van der Waals surface area contributed by atoms with Crippen LogP contribution in [-0.4, -0.2) is 61.9 Å². The number of carbonyl (C=O) groups is 1. The van der Waals surface area contributed by atoms with Crippen LogP contribution in [0.4, 0.5) is 5.82 Å². The van der Waals surface area contributed by atoms with Gasteiger partial charge in [-0.25, -0.2) is 9.78 Å². The monoisotopic (exact) mass is 279 g/mol. The van der Waals surface area contributed by atoms with E-state index < -0.39 is 0 Å². The zero-order valence-corrected chi connectivity index (χ0v) is 12.0. The average Bonchev–Trinajstić information content (AvgIpc) is 2.52. The molecule has 1 aromatic rings. The third kappa shape index (κ3) is 3.68. The molecule has 1 saturated heterocycles. The van der Waals surface area contributed by atoms with Gasteiger partial charge in [0.15, 0.2) is 0 Å². The van der Waals surface area contributed by atoms with E-state index in [2.05, 4.69) is 22.1 Å². The highest BCUT2D eigenvalue weighted by atomic mass is 16.5. The van der Waals surface area contributed by atoms with Gasteiger partial charge in [-0.1, -0.05) is 6.92 Å². The van der Waals surface area contributed by atoms with E-state index in [9.17, 15) is 4.79 Å². The van der Waals surface area contributed by atoms with E-state index in [1.807, 2.05) is 0 Å². The quantitative estimate of drug-likeness (QED) is 0.811. The van der Waals surface area contributed by atoms with Crippen molar-refractivity contribution in [1.82, 2.24) is 9.88 Å². The SMILES string of the molecule is CCN1CCOC(CNc2ncccc2C(=O)OC)C1. The number of nitrogens with one attached hydrogen (secondary N) is 1. The van der Waals surface area contributed by atoms with Crippen molar-refractivity contribution < 1.29 is 14.3 Å². The van der Waals surface area contributed by atoms with Crippen molar-refractivity contribution in [1.29, 1.82) is 0 Å². The first-order valence-corrected chi connectivity index (χ1v) is 6.85. The van der Waals surface area contributed by atoms with E-state index in [4.69, 9.17) is 9.47 Å². The highest BCUT2D eigenvalue weighted by Crippen LogP contribution is 2.13. The number of nitrogens with zero attached hydrogens (tertiary/aromatic N) is 2. The van der Waals surface area contributed by atoms with Gasteiger partial charge >= 0.3 is 5.97 Å². The molecule has 0 bridgehead atoms. The Kier molecular flexibility index (Phi) is 5.31. The van der Waals surface area contributed by atoms with Crippen molar-refractivity contribution in [3.8, 4) is 0 Å². The molecule has 0 radical (unpaired) electrons. The van der Waals surface area contributed by atoms with Gasteiger partial charge in [0, 0.05) is 25.8 Å². The molecule has 110 valence electrons. The van der Waals surface area contributed by atoms with Crippen molar-refractivity contribution in [2.24, 2.45) is 0 Å². The maximum atomic E-state index is 11.6. The number of morpholine rings is 1. The number of carbonyl (C=O) groups excluding carboxylic acids is 1. The number of hydrogen-bond donors (Lipinski definition) is 1. The number of likely N-dealkylation sites (N-methyl/N-ethyl adjacent to an activating group) is 1. The molecule has 2 heterocycles. The summed E-state index contributed by atoms with van der Waals surface area (Å²) in [6.45, 7) is 6.40. The minimum Gasteiger partial charge on any atom is -0.465 e. The number of hydrogen-bond acceptors (Lipinski definition) is 6. The standard InChI is InChI=1S/C14H21N3O3/c1-3-17-7-8-20-11(10-17)9-16-13-12(14(18)19-2)5-4-6-15-13/h4-6,11H,3,7-10H2,1-2H3,(H,15,16). The summed E-state index contributed by atoms with van der Waals surface area (Å²) in [7, 11) is 1.36. The van der Waals surface area contributed by atoms with Crippen molar-refractivity contribution in [2.45, 2.75) is 13.0 Å². The molecule has 1 unspecified atom stereocenters. The van der Waals surface area contributed by atoms with Crippen LogP contribution < -0.4 is 5.32 Å². The molecular weight excluding hydrogens is 258 g/mol. The molecule has 1 aliphatic rings. The first-order chi connectivity index (χ1) is 9.74. The van der Waals surface area contributed by atoms with Crippen molar-refractivity contribution in [3.63, 3.8) is 0 Å². The van der Waals surface area contributed by atoms with Crippen molar-refractivity contribution >= 4 is 11.8 Å². The molecule has 1 aliphatic heterocycles. The van der Waals surface area contributed by atoms with E-state index in [1.54, 1.807) is 18.3 Å². The Hall–Kier alpha value is -1.66. The molecule has 20 heavy (non-hydrogen) atoms. The largest absolute Gasteiger partial charge is 0.465 e. The summed E-state index contributed by atoms with van der Waals surface area (Å²) in [6.07, 6.45) is 1.76. The molecular formula is C14H21N3O3. The average molecular weight is 279 g/mol. The highest BCUT2D eigenvalue weighted by molar-refractivity contribution is 5.94. The van der Waals surface area contributed by atoms with Gasteiger partial charge in [0.25, 0.3) is 0 Å². The Balaban J connectivity index is 1.95. The predicted octanol–water partition coefficient (Wildman–Crippen LogP) is 1.00. The minimum absolute atomic E-state index is 0.108. The van der Waals surface area contributed by atoms with Gasteiger partial charge in [-0.05, 0) is 18.7 Å². The topological polar surface area (TPSA) is 63.7 Å². The first-order valence-electron chi connectivity index (χ1n) is 6.85. The van der Waals surface area contributed by atoms with Crippen LogP contribution in [0.15, 0.2) is 18.3 Å². The third-order valence-electron chi connectivity index (χ3n) is 3.38. The van der Waals surface area contributed by atoms with Gasteiger partial charge in [-0.3, -0.25) is 4.90 Å². The zero-order valence-electron chi connectivity index (χ0n) is 12.0. The summed E-state index contributed by atoms with van der Waals surface area (Å²) in [5.41, 5.74) is 0.443. The number of esters is 1. The van der Waals surface area contributed by atoms with Crippen LogP contribution in [0, 0.1) is 0 Å². The first kappa shape index (κ1) is 14.7. The molecule has 1 fully saturated rings. The Morgan fingerprint density at radius 2 is 2.50 bits per heavy atom. The molecule has 0 spiro atoms. The van der Waals surface area contributed by atoms with Crippen molar-refractivity contribution in [2.75, 3.05) is 45.2 Å². The molecule has 0 amide bonds. The Morgan fingerprint density at radius 3 is 3.25 bits per heavy atom. The fourth-order valence-corrected chi connectivity index (χ4v) is 2.22. The highest BCUT2D eigenvalue weighted by Gasteiger charge is 2.20. The number of aromatic nitrogens is 1. The van der Waals surface area contributed by atoms with Gasteiger partial charge in [-0.15, -0.1) is 0 Å². The lowest BCUT2D eigenvalue weighted by molar-refractivity contribution is -0.0192.